The first-order chi connectivity index (χ1) is 9.74. The van der Waals surface area contributed by atoms with E-state index in [-0.39, 0.29) is 11.9 Å². The number of benzene rings is 2. The number of aromatic nitrogens is 3. The summed E-state index contributed by atoms with van der Waals surface area (Å²) in [5, 5.41) is 6.96. The van der Waals surface area contributed by atoms with Gasteiger partial charge in [0.1, 0.15) is 11.6 Å². The summed E-state index contributed by atoms with van der Waals surface area (Å²) in [5.74, 6) is 0.799. The van der Waals surface area contributed by atoms with Crippen LogP contribution in [0.1, 0.15) is 17.4 Å². The molecule has 3 aromatic rings. The van der Waals surface area contributed by atoms with Crippen LogP contribution >= 0.6 is 0 Å². The van der Waals surface area contributed by atoms with E-state index in [1.807, 2.05) is 30.3 Å². The van der Waals surface area contributed by atoms with Crippen molar-refractivity contribution in [3.8, 4) is 11.4 Å². The van der Waals surface area contributed by atoms with Gasteiger partial charge in [0.05, 0.1) is 6.04 Å². The summed E-state index contributed by atoms with van der Waals surface area (Å²) in [6.07, 6.45) is 0. The molecule has 3 N–H and O–H groups in total. The fourth-order valence-electron chi connectivity index (χ4n) is 1.96. The first-order valence-corrected chi connectivity index (χ1v) is 6.23. The standard InChI is InChI=1S/C15H13FN4/c16-12-8-6-11(7-9-12)14-18-15(20-19-14)13(17)10-4-2-1-3-5-10/h1-9,13H,17H2,(H,18,19,20). The van der Waals surface area contributed by atoms with E-state index < -0.39 is 0 Å². The van der Waals surface area contributed by atoms with E-state index in [4.69, 9.17) is 5.73 Å². The van der Waals surface area contributed by atoms with Crippen molar-refractivity contribution < 1.29 is 4.39 Å². The molecule has 0 radical (unpaired) electrons. The van der Waals surface area contributed by atoms with Gasteiger partial charge in [0, 0.05) is 5.56 Å². The van der Waals surface area contributed by atoms with Crippen molar-refractivity contribution in [3.63, 3.8) is 0 Å². The summed E-state index contributed by atoms with van der Waals surface area (Å²) < 4.78 is 12.9. The van der Waals surface area contributed by atoms with Crippen LogP contribution < -0.4 is 5.73 Å². The highest BCUT2D eigenvalue weighted by atomic mass is 19.1. The molecule has 0 amide bonds. The number of hydrogen-bond acceptors (Lipinski definition) is 3. The van der Waals surface area contributed by atoms with E-state index in [9.17, 15) is 4.39 Å². The maximum atomic E-state index is 12.9. The van der Waals surface area contributed by atoms with E-state index >= 15 is 0 Å². The van der Waals surface area contributed by atoms with Gasteiger partial charge >= 0.3 is 0 Å². The highest BCUT2D eigenvalue weighted by Gasteiger charge is 2.14. The maximum Gasteiger partial charge on any atom is 0.181 e. The third-order valence-electron chi connectivity index (χ3n) is 3.06. The summed E-state index contributed by atoms with van der Waals surface area (Å²) in [4.78, 5) is 4.37. The Morgan fingerprint density at radius 1 is 1.00 bits per heavy atom. The Labute approximate surface area is 115 Å². The lowest BCUT2D eigenvalue weighted by Crippen LogP contribution is -2.13. The number of nitrogens with two attached hydrogens (primary N) is 1. The SMILES string of the molecule is NC(c1ccccc1)c1nc(-c2ccc(F)cc2)n[nH]1. The molecule has 0 saturated heterocycles. The van der Waals surface area contributed by atoms with Crippen LogP contribution in [0.4, 0.5) is 4.39 Å². The highest BCUT2D eigenvalue weighted by Crippen LogP contribution is 2.20. The Kier molecular flexibility index (Phi) is 3.26. The number of nitrogens with one attached hydrogen (secondary N) is 1. The van der Waals surface area contributed by atoms with Gasteiger partial charge in [0.15, 0.2) is 5.82 Å². The van der Waals surface area contributed by atoms with Gasteiger partial charge in [-0.2, -0.15) is 5.10 Å². The van der Waals surface area contributed by atoms with E-state index in [2.05, 4.69) is 15.2 Å². The van der Waals surface area contributed by atoms with Crippen molar-refractivity contribution in [2.45, 2.75) is 6.04 Å². The van der Waals surface area contributed by atoms with Crippen LogP contribution in [-0.4, -0.2) is 15.2 Å². The zero-order valence-corrected chi connectivity index (χ0v) is 10.6. The van der Waals surface area contributed by atoms with Gasteiger partial charge in [-0.25, -0.2) is 9.37 Å². The summed E-state index contributed by atoms with van der Waals surface area (Å²) in [7, 11) is 0. The quantitative estimate of drug-likeness (QED) is 0.767. The molecule has 0 fully saturated rings. The van der Waals surface area contributed by atoms with Crippen LogP contribution in [0.5, 0.6) is 0 Å². The normalized spacial score (nSPS) is 12.3. The molecule has 2 aromatic carbocycles. The van der Waals surface area contributed by atoms with E-state index in [0.717, 1.165) is 11.1 Å². The molecule has 0 aliphatic carbocycles. The molecule has 0 saturated carbocycles. The second kappa shape index (κ2) is 5.22. The zero-order valence-electron chi connectivity index (χ0n) is 10.6. The Hall–Kier alpha value is -2.53. The van der Waals surface area contributed by atoms with E-state index in [1.54, 1.807) is 12.1 Å². The van der Waals surface area contributed by atoms with Crippen LogP contribution in [0.3, 0.4) is 0 Å². The third kappa shape index (κ3) is 2.44. The van der Waals surface area contributed by atoms with Gasteiger partial charge in [0.2, 0.25) is 0 Å². The number of halogens is 1. The smallest absolute Gasteiger partial charge is 0.181 e. The highest BCUT2D eigenvalue weighted by molar-refractivity contribution is 5.54. The fourth-order valence-corrected chi connectivity index (χ4v) is 1.96. The molecule has 20 heavy (non-hydrogen) atoms. The molecule has 4 nitrogen and oxygen atoms in total. The molecule has 0 aliphatic rings. The zero-order chi connectivity index (χ0) is 13.9. The molecule has 0 bridgehead atoms. The average molecular weight is 268 g/mol. The minimum Gasteiger partial charge on any atom is -0.318 e. The largest absolute Gasteiger partial charge is 0.318 e. The van der Waals surface area contributed by atoms with Gasteiger partial charge in [-0.15, -0.1) is 0 Å². The van der Waals surface area contributed by atoms with Crippen LogP contribution in [0, 0.1) is 5.82 Å². The van der Waals surface area contributed by atoms with Crippen molar-refractivity contribution in [2.24, 2.45) is 5.73 Å². The predicted molar refractivity (Wildman–Crippen MR) is 74.2 cm³/mol. The van der Waals surface area contributed by atoms with E-state index in [1.165, 1.54) is 12.1 Å². The molecule has 0 aliphatic heterocycles. The first kappa shape index (κ1) is 12.5. The van der Waals surface area contributed by atoms with Crippen molar-refractivity contribution in [1.29, 1.82) is 0 Å². The number of rotatable bonds is 3. The van der Waals surface area contributed by atoms with Gasteiger partial charge in [0.25, 0.3) is 0 Å². The Morgan fingerprint density at radius 2 is 1.70 bits per heavy atom. The molecule has 1 atom stereocenters. The molecule has 1 unspecified atom stereocenters. The lowest BCUT2D eigenvalue weighted by Gasteiger charge is -2.07. The van der Waals surface area contributed by atoms with Crippen LogP contribution in [0.25, 0.3) is 11.4 Å². The van der Waals surface area contributed by atoms with E-state index in [0.29, 0.717) is 11.6 Å². The predicted octanol–water partition coefficient (Wildman–Crippen LogP) is 2.66. The summed E-state index contributed by atoms with van der Waals surface area (Å²) in [6, 6.07) is 15.3. The Bertz CT molecular complexity index is 691. The number of H-pyrrole nitrogens is 1. The van der Waals surface area contributed by atoms with Crippen LogP contribution in [0.2, 0.25) is 0 Å². The molecular weight excluding hydrogens is 255 g/mol. The maximum absolute atomic E-state index is 12.9. The monoisotopic (exact) mass is 268 g/mol. The van der Waals surface area contributed by atoms with Gasteiger partial charge in [-0.1, -0.05) is 30.3 Å². The molecule has 3 rings (SSSR count). The van der Waals surface area contributed by atoms with Crippen molar-refractivity contribution in [2.75, 3.05) is 0 Å². The van der Waals surface area contributed by atoms with Gasteiger partial charge < -0.3 is 5.73 Å². The molecule has 0 spiro atoms. The first-order valence-electron chi connectivity index (χ1n) is 6.23. The minimum absolute atomic E-state index is 0.287. The summed E-state index contributed by atoms with van der Waals surface area (Å²) in [6.45, 7) is 0. The fraction of sp³-hybridized carbons (Fsp3) is 0.0667. The minimum atomic E-state index is -0.363. The van der Waals surface area contributed by atoms with Crippen LogP contribution in [0.15, 0.2) is 54.6 Å². The Morgan fingerprint density at radius 3 is 2.40 bits per heavy atom. The molecule has 100 valence electrons. The Balaban J connectivity index is 1.89. The third-order valence-corrected chi connectivity index (χ3v) is 3.06. The summed E-state index contributed by atoms with van der Waals surface area (Å²) in [5.41, 5.74) is 7.84. The topological polar surface area (TPSA) is 67.6 Å². The van der Waals surface area contributed by atoms with Gasteiger partial charge in [-0.05, 0) is 29.8 Å². The lowest BCUT2D eigenvalue weighted by atomic mass is 10.1. The second-order valence-corrected chi connectivity index (χ2v) is 4.44. The number of hydrogen-bond donors (Lipinski definition) is 2. The summed E-state index contributed by atoms with van der Waals surface area (Å²) >= 11 is 0. The van der Waals surface area contributed by atoms with Crippen LogP contribution in [-0.2, 0) is 0 Å². The molecular formula is C15H13FN4. The lowest BCUT2D eigenvalue weighted by molar-refractivity contribution is 0.628. The molecule has 5 heteroatoms. The van der Waals surface area contributed by atoms with Crippen molar-refractivity contribution >= 4 is 0 Å². The number of aromatic amines is 1. The number of nitrogens with zero attached hydrogens (tertiary/aromatic N) is 2. The second-order valence-electron chi connectivity index (χ2n) is 4.44. The average Bonchev–Trinajstić information content (AvgIpc) is 2.98. The van der Waals surface area contributed by atoms with Crippen molar-refractivity contribution in [3.05, 3.63) is 71.8 Å². The van der Waals surface area contributed by atoms with Crippen molar-refractivity contribution in [1.82, 2.24) is 15.2 Å². The molecule has 1 aromatic heterocycles. The van der Waals surface area contributed by atoms with Gasteiger partial charge in [-0.3, -0.25) is 5.10 Å². The molecule has 1 heterocycles.